The van der Waals surface area contributed by atoms with E-state index < -0.39 is 5.82 Å². The van der Waals surface area contributed by atoms with Gasteiger partial charge in [-0.3, -0.25) is 0 Å². The average Bonchev–Trinajstić information content (AvgIpc) is 2.46. The number of nitrogens with one attached hydrogen (secondary N) is 1. The summed E-state index contributed by atoms with van der Waals surface area (Å²) in [6.45, 7) is 0. The molecule has 4 nitrogen and oxygen atoms in total. The van der Waals surface area contributed by atoms with Crippen LogP contribution in [0.5, 0.6) is 11.5 Å². The number of benzene rings is 2. The zero-order valence-electron chi connectivity index (χ0n) is 11.3. The zero-order valence-corrected chi connectivity index (χ0v) is 12.8. The highest BCUT2D eigenvalue weighted by Gasteiger charge is 2.12. The van der Waals surface area contributed by atoms with Crippen LogP contribution in [0.25, 0.3) is 0 Å². The number of nitrogens with two attached hydrogens (primary N) is 1. The molecule has 0 spiro atoms. The fourth-order valence-corrected chi connectivity index (χ4v) is 2.27. The minimum Gasteiger partial charge on any atom is -0.493 e. The topological polar surface area (TPSA) is 56.5 Å². The van der Waals surface area contributed by atoms with Crippen molar-refractivity contribution >= 4 is 40.3 Å². The van der Waals surface area contributed by atoms with E-state index in [1.807, 2.05) is 0 Å². The summed E-state index contributed by atoms with van der Waals surface area (Å²) in [5.41, 5.74) is 7.44. The molecule has 0 fully saturated rings. The first-order chi connectivity index (χ1) is 9.96. The second-order valence-electron chi connectivity index (χ2n) is 4.17. The van der Waals surface area contributed by atoms with Crippen molar-refractivity contribution in [1.29, 1.82) is 0 Å². The Morgan fingerprint density at radius 2 is 1.52 bits per heavy atom. The smallest absolute Gasteiger partial charge is 0.162 e. The van der Waals surface area contributed by atoms with Gasteiger partial charge < -0.3 is 20.5 Å². The molecule has 2 rings (SSSR count). The van der Waals surface area contributed by atoms with Gasteiger partial charge in [0.05, 0.1) is 35.6 Å². The standard InChI is InChI=1S/C14H13Cl2FN2O2/c1-20-12-5-10(18)11(6-13(12)21-2)19-7-3-8(15)14(17)9(16)4-7/h3-6,19H,18H2,1-2H3. The monoisotopic (exact) mass is 330 g/mol. The van der Waals surface area contributed by atoms with Gasteiger partial charge in [-0.25, -0.2) is 4.39 Å². The van der Waals surface area contributed by atoms with Crippen LogP contribution in [0.3, 0.4) is 0 Å². The van der Waals surface area contributed by atoms with E-state index in [9.17, 15) is 4.39 Å². The summed E-state index contributed by atoms with van der Waals surface area (Å²) in [7, 11) is 3.04. The maximum atomic E-state index is 13.4. The van der Waals surface area contributed by atoms with Crippen molar-refractivity contribution in [2.45, 2.75) is 0 Å². The molecule has 0 unspecified atom stereocenters. The number of hydrogen-bond acceptors (Lipinski definition) is 4. The maximum absolute atomic E-state index is 13.4. The van der Waals surface area contributed by atoms with Gasteiger partial charge >= 0.3 is 0 Å². The van der Waals surface area contributed by atoms with Crippen LogP contribution in [0, 0.1) is 5.82 Å². The Balaban J connectivity index is 2.40. The lowest BCUT2D eigenvalue weighted by atomic mass is 10.2. The molecule has 3 N–H and O–H groups in total. The molecule has 112 valence electrons. The van der Waals surface area contributed by atoms with E-state index in [0.29, 0.717) is 28.6 Å². The predicted molar refractivity (Wildman–Crippen MR) is 83.7 cm³/mol. The van der Waals surface area contributed by atoms with Crippen LogP contribution in [-0.4, -0.2) is 14.2 Å². The number of halogens is 3. The first kappa shape index (κ1) is 15.5. The van der Waals surface area contributed by atoms with Crippen molar-refractivity contribution in [1.82, 2.24) is 0 Å². The Kier molecular flexibility index (Phi) is 4.65. The lowest BCUT2D eigenvalue weighted by Crippen LogP contribution is -2.00. The number of hydrogen-bond donors (Lipinski definition) is 2. The van der Waals surface area contributed by atoms with Crippen LogP contribution in [0.2, 0.25) is 10.0 Å². The molecule has 7 heteroatoms. The molecule has 0 aliphatic rings. The van der Waals surface area contributed by atoms with E-state index in [0.717, 1.165) is 0 Å². The molecule has 0 aliphatic carbocycles. The van der Waals surface area contributed by atoms with Gasteiger partial charge in [0, 0.05) is 17.8 Å². The summed E-state index contributed by atoms with van der Waals surface area (Å²) in [5.74, 6) is 0.355. The van der Waals surface area contributed by atoms with Gasteiger partial charge in [0.2, 0.25) is 0 Å². The molecule has 0 bridgehead atoms. The summed E-state index contributed by atoms with van der Waals surface area (Å²) in [6, 6.07) is 6.12. The van der Waals surface area contributed by atoms with E-state index in [1.54, 1.807) is 12.1 Å². The lowest BCUT2D eigenvalue weighted by Gasteiger charge is -2.14. The summed E-state index contributed by atoms with van der Waals surface area (Å²) in [5, 5.41) is 2.85. The zero-order chi connectivity index (χ0) is 15.6. The van der Waals surface area contributed by atoms with Crippen molar-refractivity contribution in [2.24, 2.45) is 0 Å². The first-order valence-corrected chi connectivity index (χ1v) is 6.65. The Morgan fingerprint density at radius 1 is 1.00 bits per heavy atom. The molecule has 2 aromatic carbocycles. The summed E-state index contributed by atoms with van der Waals surface area (Å²) in [4.78, 5) is 0. The molecule has 0 saturated heterocycles. The Hall–Kier alpha value is -1.85. The van der Waals surface area contributed by atoms with Crippen LogP contribution >= 0.6 is 23.2 Å². The van der Waals surface area contributed by atoms with Gasteiger partial charge in [-0.05, 0) is 12.1 Å². The van der Waals surface area contributed by atoms with Gasteiger partial charge in [-0.2, -0.15) is 0 Å². The van der Waals surface area contributed by atoms with Gasteiger partial charge in [0.25, 0.3) is 0 Å². The van der Waals surface area contributed by atoms with Gasteiger partial charge in [0.15, 0.2) is 17.3 Å². The van der Waals surface area contributed by atoms with Crippen LogP contribution in [0.1, 0.15) is 0 Å². The normalized spacial score (nSPS) is 10.3. The fraction of sp³-hybridized carbons (Fsp3) is 0.143. The third-order valence-electron chi connectivity index (χ3n) is 2.82. The first-order valence-electron chi connectivity index (χ1n) is 5.89. The van der Waals surface area contributed by atoms with Crippen molar-refractivity contribution in [3.05, 3.63) is 40.1 Å². The molecular weight excluding hydrogens is 318 g/mol. The number of ether oxygens (including phenoxy) is 2. The van der Waals surface area contributed by atoms with E-state index in [1.165, 1.54) is 26.4 Å². The Morgan fingerprint density at radius 3 is 2.05 bits per heavy atom. The largest absolute Gasteiger partial charge is 0.493 e. The second kappa shape index (κ2) is 6.28. The van der Waals surface area contributed by atoms with Crippen molar-refractivity contribution in [2.75, 3.05) is 25.3 Å². The molecule has 0 aromatic heterocycles. The average molecular weight is 331 g/mol. The second-order valence-corrected chi connectivity index (χ2v) is 4.99. The lowest BCUT2D eigenvalue weighted by molar-refractivity contribution is 0.355. The fourth-order valence-electron chi connectivity index (χ4n) is 1.79. The Bertz CT molecular complexity index is 657. The molecule has 0 radical (unpaired) electrons. The molecular formula is C14H13Cl2FN2O2. The van der Waals surface area contributed by atoms with E-state index in [2.05, 4.69) is 5.32 Å². The summed E-state index contributed by atoms with van der Waals surface area (Å²) >= 11 is 11.5. The minimum atomic E-state index is -0.663. The van der Waals surface area contributed by atoms with Crippen LogP contribution in [0.4, 0.5) is 21.5 Å². The Labute approximate surface area is 131 Å². The van der Waals surface area contributed by atoms with E-state index in [4.69, 9.17) is 38.4 Å². The van der Waals surface area contributed by atoms with Gasteiger partial charge in [-0.1, -0.05) is 23.2 Å². The number of nitrogen functional groups attached to an aromatic ring is 1. The predicted octanol–water partition coefficient (Wildman–Crippen LogP) is 4.48. The molecule has 0 atom stereocenters. The molecule has 0 aliphatic heterocycles. The van der Waals surface area contributed by atoms with Gasteiger partial charge in [0.1, 0.15) is 0 Å². The molecule has 0 amide bonds. The van der Waals surface area contributed by atoms with Crippen molar-refractivity contribution in [3.63, 3.8) is 0 Å². The van der Waals surface area contributed by atoms with Gasteiger partial charge in [-0.15, -0.1) is 0 Å². The summed E-state index contributed by atoms with van der Waals surface area (Å²) < 4.78 is 23.7. The SMILES string of the molecule is COc1cc(N)c(Nc2cc(Cl)c(F)c(Cl)c2)cc1OC. The minimum absolute atomic E-state index is 0.0796. The highest BCUT2D eigenvalue weighted by Crippen LogP contribution is 2.37. The number of methoxy groups -OCH3 is 2. The van der Waals surface area contributed by atoms with Crippen molar-refractivity contribution in [3.8, 4) is 11.5 Å². The molecule has 0 heterocycles. The highest BCUT2D eigenvalue weighted by molar-refractivity contribution is 6.35. The van der Waals surface area contributed by atoms with Crippen LogP contribution in [0.15, 0.2) is 24.3 Å². The third kappa shape index (κ3) is 3.25. The van der Waals surface area contributed by atoms with Crippen molar-refractivity contribution < 1.29 is 13.9 Å². The quantitative estimate of drug-likeness (QED) is 0.641. The van der Waals surface area contributed by atoms with E-state index >= 15 is 0 Å². The summed E-state index contributed by atoms with van der Waals surface area (Å²) in [6.07, 6.45) is 0. The molecule has 21 heavy (non-hydrogen) atoms. The number of anilines is 3. The van der Waals surface area contributed by atoms with Crippen LogP contribution in [-0.2, 0) is 0 Å². The number of rotatable bonds is 4. The van der Waals surface area contributed by atoms with Crippen LogP contribution < -0.4 is 20.5 Å². The maximum Gasteiger partial charge on any atom is 0.162 e. The van der Waals surface area contributed by atoms with E-state index in [-0.39, 0.29) is 10.0 Å². The molecule has 0 saturated carbocycles. The molecule has 2 aromatic rings. The highest BCUT2D eigenvalue weighted by atomic mass is 35.5. The third-order valence-corrected chi connectivity index (χ3v) is 3.37.